The zero-order valence-corrected chi connectivity index (χ0v) is 15.4. The summed E-state index contributed by atoms with van der Waals surface area (Å²) >= 11 is 0. The van der Waals surface area contributed by atoms with E-state index < -0.39 is 0 Å². The Morgan fingerprint density at radius 3 is 2.36 bits per heavy atom. The number of pyridine rings is 2. The summed E-state index contributed by atoms with van der Waals surface area (Å²) in [5.41, 5.74) is 1.50. The van der Waals surface area contributed by atoms with Gasteiger partial charge in [0, 0.05) is 63.7 Å². The van der Waals surface area contributed by atoms with Crippen molar-refractivity contribution in [1.29, 1.82) is 0 Å². The first-order chi connectivity index (χ1) is 13.8. The molecule has 0 spiro atoms. The largest absolute Gasteiger partial charge is 0.353 e. The lowest BCUT2D eigenvalue weighted by Crippen LogP contribution is -2.47. The summed E-state index contributed by atoms with van der Waals surface area (Å²) in [4.78, 5) is 33.8. The van der Waals surface area contributed by atoms with Crippen molar-refractivity contribution in [2.45, 2.75) is 6.54 Å². The first-order valence-electron chi connectivity index (χ1n) is 9.20. The van der Waals surface area contributed by atoms with Gasteiger partial charge < -0.3 is 15.1 Å². The fourth-order valence-corrected chi connectivity index (χ4v) is 3.08. The molecule has 1 aliphatic heterocycles. The number of carbonyl (C=O) groups excluding carboxylic acids is 1. The van der Waals surface area contributed by atoms with Crippen LogP contribution in [-0.2, 0) is 6.54 Å². The van der Waals surface area contributed by atoms with Gasteiger partial charge in [-0.05, 0) is 29.8 Å². The highest BCUT2D eigenvalue weighted by atomic mass is 16.1. The molecule has 0 aromatic carbocycles. The Bertz CT molecular complexity index is 895. The average molecular weight is 375 g/mol. The molecule has 28 heavy (non-hydrogen) atoms. The standard InChI is InChI=1S/C20H21N7O/c28-19(25-14-16-3-1-6-21-13-16)17-4-5-18(24-15-17)26-9-11-27(12-10-26)20-22-7-2-8-23-20/h1-8,13,15H,9-12,14H2,(H,25,28). The highest BCUT2D eigenvalue weighted by Crippen LogP contribution is 2.16. The lowest BCUT2D eigenvalue weighted by atomic mass is 10.2. The van der Waals surface area contributed by atoms with Crippen LogP contribution in [0.5, 0.6) is 0 Å². The van der Waals surface area contributed by atoms with Crippen LogP contribution in [0.25, 0.3) is 0 Å². The second-order valence-corrected chi connectivity index (χ2v) is 6.47. The van der Waals surface area contributed by atoms with Crippen LogP contribution in [0.2, 0.25) is 0 Å². The quantitative estimate of drug-likeness (QED) is 0.723. The number of nitrogens with zero attached hydrogens (tertiary/aromatic N) is 6. The van der Waals surface area contributed by atoms with E-state index in [-0.39, 0.29) is 5.91 Å². The summed E-state index contributed by atoms with van der Waals surface area (Å²) in [5, 5.41) is 2.89. The van der Waals surface area contributed by atoms with Gasteiger partial charge in [-0.1, -0.05) is 6.07 Å². The molecule has 3 aromatic heterocycles. The Morgan fingerprint density at radius 1 is 0.893 bits per heavy atom. The summed E-state index contributed by atoms with van der Waals surface area (Å²) in [7, 11) is 0. The summed E-state index contributed by atoms with van der Waals surface area (Å²) in [6, 6.07) is 9.30. The van der Waals surface area contributed by atoms with Gasteiger partial charge in [-0.3, -0.25) is 9.78 Å². The van der Waals surface area contributed by atoms with Crippen LogP contribution in [0, 0.1) is 0 Å². The third-order valence-electron chi connectivity index (χ3n) is 4.62. The zero-order chi connectivity index (χ0) is 19.2. The minimum atomic E-state index is -0.144. The van der Waals surface area contributed by atoms with Crippen molar-refractivity contribution in [2.75, 3.05) is 36.0 Å². The van der Waals surface area contributed by atoms with Gasteiger partial charge in [0.05, 0.1) is 5.56 Å². The SMILES string of the molecule is O=C(NCc1cccnc1)c1ccc(N2CCN(c3ncccn3)CC2)nc1. The second kappa shape index (κ2) is 8.43. The van der Waals surface area contributed by atoms with Gasteiger partial charge in [-0.2, -0.15) is 0 Å². The molecular weight excluding hydrogens is 354 g/mol. The fourth-order valence-electron chi connectivity index (χ4n) is 3.08. The highest BCUT2D eigenvalue weighted by Gasteiger charge is 2.20. The van der Waals surface area contributed by atoms with Gasteiger partial charge in [0.15, 0.2) is 0 Å². The van der Waals surface area contributed by atoms with Crippen LogP contribution in [0.3, 0.4) is 0 Å². The topological polar surface area (TPSA) is 87.1 Å². The maximum Gasteiger partial charge on any atom is 0.253 e. The van der Waals surface area contributed by atoms with Crippen LogP contribution in [0.15, 0.2) is 61.3 Å². The van der Waals surface area contributed by atoms with Gasteiger partial charge >= 0.3 is 0 Å². The fraction of sp³-hybridized carbons (Fsp3) is 0.250. The summed E-state index contributed by atoms with van der Waals surface area (Å²) in [5.74, 6) is 1.49. The maximum absolute atomic E-state index is 12.3. The Kier molecular flexibility index (Phi) is 5.37. The van der Waals surface area contributed by atoms with Crippen LogP contribution < -0.4 is 15.1 Å². The molecule has 8 nitrogen and oxygen atoms in total. The molecule has 142 valence electrons. The van der Waals surface area contributed by atoms with Crippen LogP contribution in [0.4, 0.5) is 11.8 Å². The maximum atomic E-state index is 12.3. The van der Waals surface area contributed by atoms with Crippen molar-refractivity contribution in [1.82, 2.24) is 25.3 Å². The van der Waals surface area contributed by atoms with Gasteiger partial charge in [0.2, 0.25) is 5.95 Å². The Labute approximate surface area is 163 Å². The first-order valence-corrected chi connectivity index (χ1v) is 9.20. The third-order valence-corrected chi connectivity index (χ3v) is 4.62. The van der Waals surface area contributed by atoms with Crippen molar-refractivity contribution in [3.8, 4) is 0 Å². The van der Waals surface area contributed by atoms with Crippen LogP contribution >= 0.6 is 0 Å². The molecule has 1 aliphatic rings. The van der Waals surface area contributed by atoms with E-state index in [4.69, 9.17) is 0 Å². The van der Waals surface area contributed by atoms with Crippen molar-refractivity contribution in [3.63, 3.8) is 0 Å². The smallest absolute Gasteiger partial charge is 0.253 e. The van der Waals surface area contributed by atoms with E-state index in [1.165, 1.54) is 0 Å². The van der Waals surface area contributed by atoms with Gasteiger partial charge in [0.1, 0.15) is 5.82 Å². The number of rotatable bonds is 5. The number of nitrogens with one attached hydrogen (secondary N) is 1. The van der Waals surface area contributed by atoms with Crippen LogP contribution in [-0.4, -0.2) is 52.0 Å². The molecule has 1 saturated heterocycles. The minimum Gasteiger partial charge on any atom is -0.353 e. The number of carbonyl (C=O) groups is 1. The van der Waals surface area contributed by atoms with Gasteiger partial charge in [-0.15, -0.1) is 0 Å². The highest BCUT2D eigenvalue weighted by molar-refractivity contribution is 5.94. The van der Waals surface area contributed by atoms with E-state index in [1.54, 1.807) is 31.0 Å². The zero-order valence-electron chi connectivity index (χ0n) is 15.4. The Balaban J connectivity index is 1.31. The summed E-state index contributed by atoms with van der Waals surface area (Å²) in [6.45, 7) is 3.77. The second-order valence-electron chi connectivity index (χ2n) is 6.47. The lowest BCUT2D eigenvalue weighted by molar-refractivity contribution is 0.0950. The molecular formula is C20H21N7O. The molecule has 4 rings (SSSR count). The summed E-state index contributed by atoms with van der Waals surface area (Å²) in [6.07, 6.45) is 8.59. The Morgan fingerprint density at radius 2 is 1.68 bits per heavy atom. The van der Waals surface area contributed by atoms with E-state index in [0.717, 1.165) is 43.5 Å². The number of amides is 1. The van der Waals surface area contributed by atoms with E-state index in [0.29, 0.717) is 12.1 Å². The molecule has 0 radical (unpaired) electrons. The van der Waals surface area contributed by atoms with Crippen LogP contribution in [0.1, 0.15) is 15.9 Å². The molecule has 0 aliphatic carbocycles. The number of hydrogen-bond donors (Lipinski definition) is 1. The normalized spacial score (nSPS) is 14.0. The molecule has 1 fully saturated rings. The van der Waals surface area contributed by atoms with Crippen molar-refractivity contribution >= 4 is 17.7 Å². The molecule has 1 amide bonds. The monoisotopic (exact) mass is 375 g/mol. The van der Waals surface area contributed by atoms with Crippen molar-refractivity contribution in [3.05, 3.63) is 72.4 Å². The number of hydrogen-bond acceptors (Lipinski definition) is 7. The molecule has 0 saturated carbocycles. The minimum absolute atomic E-state index is 0.144. The molecule has 0 unspecified atom stereocenters. The molecule has 3 aromatic rings. The predicted octanol–water partition coefficient (Wildman–Crippen LogP) is 1.52. The van der Waals surface area contributed by atoms with E-state index in [1.807, 2.05) is 30.3 Å². The van der Waals surface area contributed by atoms with E-state index >= 15 is 0 Å². The summed E-state index contributed by atoms with van der Waals surface area (Å²) < 4.78 is 0. The molecule has 4 heterocycles. The van der Waals surface area contributed by atoms with E-state index in [9.17, 15) is 4.79 Å². The van der Waals surface area contributed by atoms with Crippen molar-refractivity contribution < 1.29 is 4.79 Å². The van der Waals surface area contributed by atoms with Gasteiger partial charge in [0.25, 0.3) is 5.91 Å². The lowest BCUT2D eigenvalue weighted by Gasteiger charge is -2.35. The van der Waals surface area contributed by atoms with E-state index in [2.05, 4.69) is 35.1 Å². The third kappa shape index (κ3) is 4.22. The first kappa shape index (κ1) is 17.8. The number of anilines is 2. The molecule has 1 N–H and O–H groups in total. The molecule has 0 bridgehead atoms. The Hall–Kier alpha value is -3.55. The molecule has 8 heteroatoms. The average Bonchev–Trinajstić information content (AvgIpc) is 2.79. The number of aromatic nitrogens is 4. The molecule has 0 atom stereocenters. The van der Waals surface area contributed by atoms with Gasteiger partial charge in [-0.25, -0.2) is 15.0 Å². The van der Waals surface area contributed by atoms with Crippen molar-refractivity contribution in [2.24, 2.45) is 0 Å². The predicted molar refractivity (Wildman–Crippen MR) is 106 cm³/mol. The number of piperazine rings is 1.